The van der Waals surface area contributed by atoms with Crippen molar-refractivity contribution in [2.45, 2.75) is 57.2 Å². The Balaban J connectivity index is 1.25. The van der Waals surface area contributed by atoms with Crippen molar-refractivity contribution in [3.8, 4) is 5.75 Å². The minimum absolute atomic E-state index is 0.203. The van der Waals surface area contributed by atoms with Crippen LogP contribution < -0.4 is 10.1 Å². The van der Waals surface area contributed by atoms with Gasteiger partial charge in [-0.25, -0.2) is 0 Å². The summed E-state index contributed by atoms with van der Waals surface area (Å²) in [5, 5.41) is 3.21. The number of hydrogen-bond donors (Lipinski definition) is 1. The Labute approximate surface area is 163 Å². The molecule has 27 heavy (non-hydrogen) atoms. The molecule has 2 saturated heterocycles. The number of methoxy groups -OCH3 is 1. The van der Waals surface area contributed by atoms with Crippen LogP contribution in [0.5, 0.6) is 5.75 Å². The third-order valence-electron chi connectivity index (χ3n) is 6.36. The number of piperidine rings is 2. The molecular formula is C22H33N3O2. The number of carbonyl (C=O) groups is 1. The number of nitrogens with one attached hydrogen (secondary N) is 1. The zero-order chi connectivity index (χ0) is 18.6. The summed E-state index contributed by atoms with van der Waals surface area (Å²) in [6.07, 6.45) is 6.99. The fraction of sp³-hybridized carbons (Fsp3) is 0.682. The first-order chi connectivity index (χ1) is 13.2. The Morgan fingerprint density at radius 2 is 1.96 bits per heavy atom. The SMILES string of the molecule is COc1cccc(CN2CCC(N3CCC[C@@H](C(=O)NC4CC4)C3)CC2)c1. The minimum Gasteiger partial charge on any atom is -0.497 e. The second kappa shape index (κ2) is 8.61. The summed E-state index contributed by atoms with van der Waals surface area (Å²) in [5.41, 5.74) is 1.32. The van der Waals surface area contributed by atoms with Crippen molar-refractivity contribution in [1.29, 1.82) is 0 Å². The summed E-state index contributed by atoms with van der Waals surface area (Å²) in [6, 6.07) is 9.52. The van der Waals surface area contributed by atoms with Crippen molar-refractivity contribution in [2.24, 2.45) is 5.92 Å². The predicted molar refractivity (Wildman–Crippen MR) is 107 cm³/mol. The Morgan fingerprint density at radius 3 is 2.70 bits per heavy atom. The van der Waals surface area contributed by atoms with E-state index in [9.17, 15) is 4.79 Å². The number of ether oxygens (including phenoxy) is 1. The van der Waals surface area contributed by atoms with Crippen molar-refractivity contribution in [3.05, 3.63) is 29.8 Å². The molecule has 1 aromatic rings. The van der Waals surface area contributed by atoms with E-state index >= 15 is 0 Å². The molecule has 1 saturated carbocycles. The normalized spacial score (nSPS) is 25.3. The van der Waals surface area contributed by atoms with Gasteiger partial charge in [-0.2, -0.15) is 0 Å². The van der Waals surface area contributed by atoms with Crippen LogP contribution in [0, 0.1) is 5.92 Å². The molecule has 1 aromatic carbocycles. The highest BCUT2D eigenvalue weighted by Gasteiger charge is 2.33. The summed E-state index contributed by atoms with van der Waals surface area (Å²) >= 11 is 0. The molecule has 5 heteroatoms. The number of hydrogen-bond acceptors (Lipinski definition) is 4. The van der Waals surface area contributed by atoms with Gasteiger partial charge in [0.15, 0.2) is 0 Å². The molecule has 1 atom stereocenters. The van der Waals surface area contributed by atoms with Crippen LogP contribution >= 0.6 is 0 Å². The average molecular weight is 372 g/mol. The molecular weight excluding hydrogens is 338 g/mol. The minimum atomic E-state index is 0.203. The second-order valence-electron chi connectivity index (χ2n) is 8.48. The maximum Gasteiger partial charge on any atom is 0.224 e. The zero-order valence-corrected chi connectivity index (χ0v) is 16.5. The largest absolute Gasteiger partial charge is 0.497 e. The maximum absolute atomic E-state index is 12.4. The third-order valence-corrected chi connectivity index (χ3v) is 6.36. The molecule has 4 rings (SSSR count). The van der Waals surface area contributed by atoms with E-state index in [1.165, 1.54) is 31.2 Å². The summed E-state index contributed by atoms with van der Waals surface area (Å²) in [6.45, 7) is 5.39. The lowest BCUT2D eigenvalue weighted by molar-refractivity contribution is -0.127. The molecule has 0 radical (unpaired) electrons. The first-order valence-electron chi connectivity index (χ1n) is 10.6. The lowest BCUT2D eigenvalue weighted by atomic mass is 9.93. The van der Waals surface area contributed by atoms with Crippen LogP contribution in [0.2, 0.25) is 0 Å². The molecule has 148 valence electrons. The van der Waals surface area contributed by atoms with Crippen LogP contribution in [0.3, 0.4) is 0 Å². The van der Waals surface area contributed by atoms with Crippen LogP contribution in [0.1, 0.15) is 44.1 Å². The smallest absolute Gasteiger partial charge is 0.224 e. The summed E-state index contributed by atoms with van der Waals surface area (Å²) in [4.78, 5) is 17.6. The number of likely N-dealkylation sites (tertiary alicyclic amines) is 2. The first-order valence-corrected chi connectivity index (χ1v) is 10.6. The van der Waals surface area contributed by atoms with Crippen molar-refractivity contribution in [2.75, 3.05) is 33.3 Å². The molecule has 1 amide bonds. The number of benzene rings is 1. The van der Waals surface area contributed by atoms with Crippen LogP contribution in [0.25, 0.3) is 0 Å². The number of carbonyl (C=O) groups excluding carboxylic acids is 1. The van der Waals surface area contributed by atoms with Gasteiger partial charge in [-0.1, -0.05) is 12.1 Å². The fourth-order valence-corrected chi connectivity index (χ4v) is 4.57. The predicted octanol–water partition coefficient (Wildman–Crippen LogP) is 2.65. The zero-order valence-electron chi connectivity index (χ0n) is 16.5. The summed E-state index contributed by atoms with van der Waals surface area (Å²) < 4.78 is 5.34. The van der Waals surface area contributed by atoms with Crippen molar-refractivity contribution in [1.82, 2.24) is 15.1 Å². The Bertz CT molecular complexity index is 638. The van der Waals surface area contributed by atoms with Gasteiger partial charge in [-0.15, -0.1) is 0 Å². The van der Waals surface area contributed by atoms with E-state index in [-0.39, 0.29) is 5.92 Å². The van der Waals surface area contributed by atoms with E-state index in [0.29, 0.717) is 18.0 Å². The highest BCUT2D eigenvalue weighted by molar-refractivity contribution is 5.79. The van der Waals surface area contributed by atoms with E-state index < -0.39 is 0 Å². The molecule has 0 spiro atoms. The van der Waals surface area contributed by atoms with E-state index in [1.54, 1.807) is 7.11 Å². The van der Waals surface area contributed by atoms with Gasteiger partial charge in [0.25, 0.3) is 0 Å². The quantitative estimate of drug-likeness (QED) is 0.835. The highest BCUT2D eigenvalue weighted by Crippen LogP contribution is 2.26. The van der Waals surface area contributed by atoms with Crippen LogP contribution in [0.15, 0.2) is 24.3 Å². The molecule has 2 heterocycles. The van der Waals surface area contributed by atoms with Gasteiger partial charge in [0.1, 0.15) is 5.75 Å². The topological polar surface area (TPSA) is 44.8 Å². The van der Waals surface area contributed by atoms with Gasteiger partial charge in [-0.05, 0) is 75.9 Å². The van der Waals surface area contributed by atoms with Gasteiger partial charge < -0.3 is 10.1 Å². The summed E-state index contributed by atoms with van der Waals surface area (Å²) in [5.74, 6) is 1.44. The van der Waals surface area contributed by atoms with E-state index in [4.69, 9.17) is 4.74 Å². The molecule has 5 nitrogen and oxygen atoms in total. The van der Waals surface area contributed by atoms with E-state index in [0.717, 1.165) is 51.3 Å². The van der Waals surface area contributed by atoms with Crippen molar-refractivity contribution < 1.29 is 9.53 Å². The van der Waals surface area contributed by atoms with Crippen LogP contribution in [-0.2, 0) is 11.3 Å². The monoisotopic (exact) mass is 371 g/mol. The van der Waals surface area contributed by atoms with Crippen LogP contribution in [-0.4, -0.2) is 61.1 Å². The summed E-state index contributed by atoms with van der Waals surface area (Å²) in [7, 11) is 1.72. The lowest BCUT2D eigenvalue weighted by Crippen LogP contribution is -2.50. The molecule has 0 aromatic heterocycles. The molecule has 1 aliphatic carbocycles. The second-order valence-corrected chi connectivity index (χ2v) is 8.48. The van der Waals surface area contributed by atoms with Gasteiger partial charge >= 0.3 is 0 Å². The standard InChI is InChI=1S/C22H33N3O2/c1-27-21-6-2-4-17(14-21)15-24-12-9-20(10-13-24)25-11-3-5-18(16-25)22(26)23-19-7-8-19/h2,4,6,14,18-20H,3,5,7-13,15-16H2,1H3,(H,23,26)/t18-/m1/s1. The number of nitrogens with zero attached hydrogens (tertiary/aromatic N) is 2. The van der Waals surface area contributed by atoms with Gasteiger partial charge in [-0.3, -0.25) is 14.6 Å². The number of rotatable bonds is 6. The molecule has 0 bridgehead atoms. The third kappa shape index (κ3) is 5.02. The molecule has 0 unspecified atom stereocenters. The van der Waals surface area contributed by atoms with Gasteiger partial charge in [0.05, 0.1) is 13.0 Å². The molecule has 2 aliphatic heterocycles. The Morgan fingerprint density at radius 1 is 1.15 bits per heavy atom. The van der Waals surface area contributed by atoms with Crippen LogP contribution in [0.4, 0.5) is 0 Å². The van der Waals surface area contributed by atoms with Crippen molar-refractivity contribution >= 4 is 5.91 Å². The molecule has 3 aliphatic rings. The van der Waals surface area contributed by atoms with E-state index in [2.05, 4.69) is 33.3 Å². The Kier molecular flexibility index (Phi) is 5.98. The molecule has 3 fully saturated rings. The maximum atomic E-state index is 12.4. The van der Waals surface area contributed by atoms with Gasteiger partial charge in [0.2, 0.25) is 5.91 Å². The molecule has 1 N–H and O–H groups in total. The highest BCUT2D eigenvalue weighted by atomic mass is 16.5. The lowest BCUT2D eigenvalue weighted by Gasteiger charge is -2.42. The average Bonchev–Trinajstić information content (AvgIpc) is 3.53. The Hall–Kier alpha value is -1.59. The van der Waals surface area contributed by atoms with Gasteiger partial charge in [0, 0.05) is 25.2 Å². The fourth-order valence-electron chi connectivity index (χ4n) is 4.57. The number of amides is 1. The van der Waals surface area contributed by atoms with Crippen molar-refractivity contribution in [3.63, 3.8) is 0 Å². The van der Waals surface area contributed by atoms with E-state index in [1.807, 2.05) is 6.07 Å². The first kappa shape index (κ1) is 18.8.